The summed E-state index contributed by atoms with van der Waals surface area (Å²) in [5.41, 5.74) is -0.0164. The summed E-state index contributed by atoms with van der Waals surface area (Å²) in [6.07, 6.45) is 5.81. The topological polar surface area (TPSA) is 43.4 Å². The largest absolute Gasteiger partial charge is 0.462 e. The highest BCUT2D eigenvalue weighted by Crippen LogP contribution is 2.08. The summed E-state index contributed by atoms with van der Waals surface area (Å²) in [7, 11) is 0. The molecule has 0 saturated heterocycles. The minimum atomic E-state index is -0.582. The lowest BCUT2D eigenvalue weighted by molar-refractivity contribution is -0.140. The number of Topliss-reactive ketones (excluding diaryl/α,β-unsaturated/α-hetero) is 1. The molecule has 0 amide bonds. The summed E-state index contributed by atoms with van der Waals surface area (Å²) in [6, 6.07) is 0. The average molecular weight is 226 g/mol. The fraction of sp³-hybridized carbons (Fsp3) is 0.692. The number of carbonyl (C=O) groups excluding carboxylic acids is 2. The number of unbranched alkanes of at least 4 members (excludes halogenated alkanes) is 4. The smallest absolute Gasteiger partial charge is 0.341 e. The van der Waals surface area contributed by atoms with Crippen molar-refractivity contribution in [3.05, 3.63) is 12.2 Å². The Hall–Kier alpha value is -1.12. The average Bonchev–Trinajstić information content (AvgIpc) is 2.27. The van der Waals surface area contributed by atoms with Crippen molar-refractivity contribution in [2.75, 3.05) is 6.61 Å². The molecule has 3 nitrogen and oxygen atoms in total. The van der Waals surface area contributed by atoms with E-state index in [1.54, 1.807) is 6.92 Å². The SMILES string of the molecule is C=C(C(=O)CCCCCCC)C(=O)OCC. The molecule has 0 fully saturated rings. The van der Waals surface area contributed by atoms with E-state index in [4.69, 9.17) is 4.74 Å². The van der Waals surface area contributed by atoms with Crippen LogP contribution in [0.4, 0.5) is 0 Å². The van der Waals surface area contributed by atoms with E-state index in [0.717, 1.165) is 19.3 Å². The van der Waals surface area contributed by atoms with Crippen LogP contribution in [0, 0.1) is 0 Å². The van der Waals surface area contributed by atoms with Crippen LogP contribution in [0.5, 0.6) is 0 Å². The Bertz CT molecular complexity index is 244. The summed E-state index contributed by atoms with van der Waals surface area (Å²) < 4.78 is 4.71. The molecule has 0 aromatic heterocycles. The van der Waals surface area contributed by atoms with E-state index in [-0.39, 0.29) is 18.0 Å². The third kappa shape index (κ3) is 6.38. The zero-order chi connectivity index (χ0) is 12.4. The monoisotopic (exact) mass is 226 g/mol. The summed E-state index contributed by atoms with van der Waals surface area (Å²) in [4.78, 5) is 22.7. The van der Waals surface area contributed by atoms with Crippen LogP contribution in [0.15, 0.2) is 12.2 Å². The van der Waals surface area contributed by atoms with Crippen molar-refractivity contribution >= 4 is 11.8 Å². The van der Waals surface area contributed by atoms with Gasteiger partial charge in [0.2, 0.25) is 0 Å². The number of carbonyl (C=O) groups is 2. The van der Waals surface area contributed by atoms with Gasteiger partial charge in [-0.2, -0.15) is 0 Å². The van der Waals surface area contributed by atoms with Crippen LogP contribution in [0.2, 0.25) is 0 Å². The van der Waals surface area contributed by atoms with Crippen molar-refractivity contribution in [3.63, 3.8) is 0 Å². The van der Waals surface area contributed by atoms with Crippen molar-refractivity contribution in [3.8, 4) is 0 Å². The highest BCUT2D eigenvalue weighted by atomic mass is 16.5. The van der Waals surface area contributed by atoms with Gasteiger partial charge >= 0.3 is 5.97 Å². The number of esters is 1. The van der Waals surface area contributed by atoms with E-state index in [0.29, 0.717) is 6.42 Å². The first-order valence-electron chi connectivity index (χ1n) is 6.02. The van der Waals surface area contributed by atoms with E-state index in [9.17, 15) is 9.59 Å². The van der Waals surface area contributed by atoms with Crippen LogP contribution >= 0.6 is 0 Å². The van der Waals surface area contributed by atoms with Gasteiger partial charge in [-0.3, -0.25) is 4.79 Å². The van der Waals surface area contributed by atoms with E-state index < -0.39 is 5.97 Å². The van der Waals surface area contributed by atoms with Crippen molar-refractivity contribution in [1.82, 2.24) is 0 Å². The second-order valence-corrected chi connectivity index (χ2v) is 3.79. The van der Waals surface area contributed by atoms with Crippen LogP contribution in [0.1, 0.15) is 52.4 Å². The van der Waals surface area contributed by atoms with Gasteiger partial charge in [0.25, 0.3) is 0 Å². The molecule has 0 heterocycles. The maximum atomic E-state index is 11.5. The van der Waals surface area contributed by atoms with E-state index >= 15 is 0 Å². The van der Waals surface area contributed by atoms with Crippen LogP contribution in [-0.2, 0) is 14.3 Å². The second kappa shape index (κ2) is 9.13. The van der Waals surface area contributed by atoms with E-state index in [1.165, 1.54) is 12.8 Å². The molecule has 0 aromatic carbocycles. The van der Waals surface area contributed by atoms with Gasteiger partial charge in [-0.1, -0.05) is 39.2 Å². The number of hydrogen-bond acceptors (Lipinski definition) is 3. The normalized spacial score (nSPS) is 9.88. The van der Waals surface area contributed by atoms with Crippen LogP contribution < -0.4 is 0 Å². The lowest BCUT2D eigenvalue weighted by atomic mass is 10.1. The molecule has 92 valence electrons. The molecule has 3 heteroatoms. The summed E-state index contributed by atoms with van der Waals surface area (Å²) in [5.74, 6) is -0.768. The zero-order valence-electron chi connectivity index (χ0n) is 10.4. The molecule has 0 N–H and O–H groups in total. The van der Waals surface area contributed by atoms with Crippen molar-refractivity contribution in [2.24, 2.45) is 0 Å². The minimum absolute atomic E-state index is 0.0164. The molecule has 16 heavy (non-hydrogen) atoms. The van der Waals surface area contributed by atoms with Gasteiger partial charge in [-0.15, -0.1) is 0 Å². The Kier molecular flexibility index (Phi) is 8.49. The number of hydrogen-bond donors (Lipinski definition) is 0. The first-order chi connectivity index (χ1) is 7.63. The van der Waals surface area contributed by atoms with Gasteiger partial charge < -0.3 is 4.74 Å². The van der Waals surface area contributed by atoms with Gasteiger partial charge in [0.15, 0.2) is 5.78 Å². The Morgan fingerprint density at radius 3 is 2.25 bits per heavy atom. The molecule has 0 rings (SSSR count). The summed E-state index contributed by atoms with van der Waals surface area (Å²) in [5, 5.41) is 0. The Labute approximate surface area is 97.9 Å². The molecular weight excluding hydrogens is 204 g/mol. The van der Waals surface area contributed by atoms with Crippen LogP contribution in [0.25, 0.3) is 0 Å². The quantitative estimate of drug-likeness (QED) is 0.199. The lowest BCUT2D eigenvalue weighted by Crippen LogP contribution is -2.14. The highest BCUT2D eigenvalue weighted by Gasteiger charge is 2.15. The van der Waals surface area contributed by atoms with Gasteiger partial charge in [-0.05, 0) is 13.3 Å². The highest BCUT2D eigenvalue weighted by molar-refractivity contribution is 6.16. The maximum absolute atomic E-state index is 11.5. The van der Waals surface area contributed by atoms with Crippen molar-refractivity contribution in [1.29, 1.82) is 0 Å². The molecule has 0 spiro atoms. The van der Waals surface area contributed by atoms with Gasteiger partial charge in [0.05, 0.1) is 12.2 Å². The number of ketones is 1. The molecule has 0 aliphatic carbocycles. The van der Waals surface area contributed by atoms with Crippen molar-refractivity contribution in [2.45, 2.75) is 52.4 Å². The summed E-state index contributed by atoms with van der Waals surface area (Å²) in [6.45, 7) is 7.60. The van der Waals surface area contributed by atoms with Crippen LogP contribution in [-0.4, -0.2) is 18.4 Å². The number of rotatable bonds is 9. The van der Waals surface area contributed by atoms with Gasteiger partial charge in [-0.25, -0.2) is 4.79 Å². The minimum Gasteiger partial charge on any atom is -0.462 e. The molecule has 0 aliphatic rings. The molecule has 0 radical (unpaired) electrons. The van der Waals surface area contributed by atoms with Crippen molar-refractivity contribution < 1.29 is 14.3 Å². The molecule has 0 aromatic rings. The molecular formula is C13H22O3. The Morgan fingerprint density at radius 2 is 1.69 bits per heavy atom. The molecule has 0 atom stereocenters. The summed E-state index contributed by atoms with van der Waals surface area (Å²) >= 11 is 0. The Morgan fingerprint density at radius 1 is 1.06 bits per heavy atom. The fourth-order valence-electron chi connectivity index (χ4n) is 1.37. The third-order valence-electron chi connectivity index (χ3n) is 2.37. The third-order valence-corrected chi connectivity index (χ3v) is 2.37. The van der Waals surface area contributed by atoms with E-state index in [1.807, 2.05) is 0 Å². The predicted molar refractivity (Wildman–Crippen MR) is 64.2 cm³/mol. The maximum Gasteiger partial charge on any atom is 0.341 e. The molecule has 0 bridgehead atoms. The standard InChI is InChI=1S/C13H22O3/c1-4-6-7-8-9-10-12(14)11(3)13(15)16-5-2/h3-10H2,1-2H3. The lowest BCUT2D eigenvalue weighted by Gasteiger charge is -2.04. The Balaban J connectivity index is 3.71. The molecule has 0 aliphatic heterocycles. The van der Waals surface area contributed by atoms with E-state index in [2.05, 4.69) is 13.5 Å². The first-order valence-corrected chi connectivity index (χ1v) is 6.02. The van der Waals surface area contributed by atoms with Crippen LogP contribution in [0.3, 0.4) is 0 Å². The second-order valence-electron chi connectivity index (χ2n) is 3.79. The fourth-order valence-corrected chi connectivity index (χ4v) is 1.37. The predicted octanol–water partition coefficient (Wildman–Crippen LogP) is 3.04. The molecule has 0 saturated carbocycles. The van der Waals surface area contributed by atoms with Gasteiger partial charge in [0.1, 0.15) is 0 Å². The van der Waals surface area contributed by atoms with Gasteiger partial charge in [0, 0.05) is 6.42 Å². The first kappa shape index (κ1) is 14.9. The molecule has 0 unspecified atom stereocenters. The zero-order valence-corrected chi connectivity index (χ0v) is 10.4. The number of ether oxygens (including phenoxy) is 1.